The van der Waals surface area contributed by atoms with E-state index in [9.17, 15) is 0 Å². The number of hydrogen-bond acceptors (Lipinski definition) is 1. The first kappa shape index (κ1) is 16.3. The minimum Gasteiger partial charge on any atom is -0.455 e. The van der Waals surface area contributed by atoms with E-state index in [1.54, 1.807) is 0 Å². The predicted octanol–water partition coefficient (Wildman–Crippen LogP) is 1.62. The second-order valence-corrected chi connectivity index (χ2v) is 6.73. The number of quaternary nitrogens is 2. The highest BCUT2D eigenvalue weighted by Crippen LogP contribution is 2.27. The first-order chi connectivity index (χ1) is 10.1. The van der Waals surface area contributed by atoms with Crippen molar-refractivity contribution in [2.75, 3.05) is 27.2 Å². The van der Waals surface area contributed by atoms with Crippen LogP contribution in [0.3, 0.4) is 0 Å². The zero-order chi connectivity index (χ0) is 15.2. The minimum absolute atomic E-state index is 0.915. The quantitative estimate of drug-likeness (QED) is 0.729. The van der Waals surface area contributed by atoms with Crippen LogP contribution in [-0.4, -0.2) is 27.2 Å². The van der Waals surface area contributed by atoms with Gasteiger partial charge in [0.05, 0.1) is 27.2 Å². The molecule has 0 fully saturated rings. The standard InChI is InChI=1S/C17H23BrN2O/c1-13-11-14(18)5-7-16(13)17-8-6-15(21-17)12-19-9-4-10-20(2)3/h5-8,11,19H,4,9-10,12H2,1-3H3/p+2. The smallest absolute Gasteiger partial charge is 0.158 e. The molecule has 2 rings (SSSR count). The highest BCUT2D eigenvalue weighted by molar-refractivity contribution is 9.10. The Morgan fingerprint density at radius 2 is 2.00 bits per heavy atom. The van der Waals surface area contributed by atoms with Crippen LogP contribution in [0, 0.1) is 6.92 Å². The van der Waals surface area contributed by atoms with Gasteiger partial charge in [0.15, 0.2) is 5.76 Å². The largest absolute Gasteiger partial charge is 0.455 e. The van der Waals surface area contributed by atoms with Gasteiger partial charge in [-0.2, -0.15) is 0 Å². The molecular weight excluding hydrogens is 328 g/mol. The maximum atomic E-state index is 5.97. The molecule has 1 aromatic carbocycles. The number of benzene rings is 1. The summed E-state index contributed by atoms with van der Waals surface area (Å²) < 4.78 is 7.07. The fourth-order valence-corrected chi connectivity index (χ4v) is 2.86. The summed E-state index contributed by atoms with van der Waals surface area (Å²) in [4.78, 5) is 1.51. The number of nitrogens with two attached hydrogens (primary N) is 1. The third-order valence-corrected chi connectivity index (χ3v) is 4.04. The van der Waals surface area contributed by atoms with Gasteiger partial charge in [0, 0.05) is 16.5 Å². The molecule has 114 valence electrons. The fourth-order valence-electron chi connectivity index (χ4n) is 2.38. The maximum absolute atomic E-state index is 5.97. The Labute approximate surface area is 135 Å². The molecule has 0 bridgehead atoms. The summed E-state index contributed by atoms with van der Waals surface area (Å²) in [7, 11) is 4.39. The molecule has 3 nitrogen and oxygen atoms in total. The fraction of sp³-hybridized carbons (Fsp3) is 0.412. The van der Waals surface area contributed by atoms with Crippen molar-refractivity contribution < 1.29 is 14.6 Å². The molecule has 0 amide bonds. The normalized spacial score (nSPS) is 11.3. The predicted molar refractivity (Wildman–Crippen MR) is 89.4 cm³/mol. The summed E-state index contributed by atoms with van der Waals surface area (Å²) in [5, 5.41) is 2.32. The van der Waals surface area contributed by atoms with Gasteiger partial charge in [-0.25, -0.2) is 0 Å². The summed E-state index contributed by atoms with van der Waals surface area (Å²) in [6, 6.07) is 10.4. The number of rotatable bonds is 7. The van der Waals surface area contributed by atoms with E-state index in [-0.39, 0.29) is 0 Å². The van der Waals surface area contributed by atoms with Crippen molar-refractivity contribution in [2.24, 2.45) is 0 Å². The molecule has 0 radical (unpaired) electrons. The molecule has 1 heterocycles. The summed E-state index contributed by atoms with van der Waals surface area (Å²) in [5.74, 6) is 2.01. The molecule has 0 spiro atoms. The van der Waals surface area contributed by atoms with Crippen LogP contribution in [0.15, 0.2) is 39.2 Å². The molecule has 4 heteroatoms. The third kappa shape index (κ3) is 4.99. The number of furan rings is 1. The van der Waals surface area contributed by atoms with Crippen molar-refractivity contribution in [3.05, 3.63) is 46.1 Å². The zero-order valence-electron chi connectivity index (χ0n) is 13.1. The Morgan fingerprint density at radius 1 is 1.19 bits per heavy atom. The van der Waals surface area contributed by atoms with E-state index in [4.69, 9.17) is 4.42 Å². The van der Waals surface area contributed by atoms with Gasteiger partial charge in [0.1, 0.15) is 12.3 Å². The molecule has 0 saturated heterocycles. The van der Waals surface area contributed by atoms with E-state index < -0.39 is 0 Å². The Bertz CT molecular complexity index is 578. The lowest BCUT2D eigenvalue weighted by atomic mass is 10.1. The summed E-state index contributed by atoms with van der Waals surface area (Å²) >= 11 is 3.50. The molecule has 0 aliphatic carbocycles. The van der Waals surface area contributed by atoms with Crippen molar-refractivity contribution in [3.8, 4) is 11.3 Å². The van der Waals surface area contributed by atoms with Crippen molar-refractivity contribution in [3.63, 3.8) is 0 Å². The van der Waals surface area contributed by atoms with Gasteiger partial charge in [-0.3, -0.25) is 0 Å². The second kappa shape index (κ2) is 7.78. The van der Waals surface area contributed by atoms with Crippen molar-refractivity contribution in [1.82, 2.24) is 0 Å². The van der Waals surface area contributed by atoms with E-state index in [2.05, 4.69) is 72.6 Å². The van der Waals surface area contributed by atoms with Gasteiger partial charge in [-0.1, -0.05) is 15.9 Å². The highest BCUT2D eigenvalue weighted by atomic mass is 79.9. The Morgan fingerprint density at radius 3 is 2.71 bits per heavy atom. The van der Waals surface area contributed by atoms with Gasteiger partial charge in [0.2, 0.25) is 0 Å². The molecule has 0 aliphatic heterocycles. The van der Waals surface area contributed by atoms with E-state index in [0.717, 1.165) is 29.1 Å². The van der Waals surface area contributed by atoms with Crippen LogP contribution in [0.4, 0.5) is 0 Å². The lowest BCUT2D eigenvalue weighted by Gasteiger charge is -2.05. The third-order valence-electron chi connectivity index (χ3n) is 3.55. The number of hydrogen-bond donors (Lipinski definition) is 2. The lowest BCUT2D eigenvalue weighted by Crippen LogP contribution is -3.06. The monoisotopic (exact) mass is 352 g/mol. The Balaban J connectivity index is 1.89. The van der Waals surface area contributed by atoms with Gasteiger partial charge >= 0.3 is 0 Å². The average molecular weight is 353 g/mol. The second-order valence-electron chi connectivity index (χ2n) is 5.82. The number of aryl methyl sites for hydroxylation is 1. The summed E-state index contributed by atoms with van der Waals surface area (Å²) in [6.45, 7) is 5.40. The molecule has 0 saturated carbocycles. The van der Waals surface area contributed by atoms with E-state index in [0.29, 0.717) is 0 Å². The van der Waals surface area contributed by atoms with Crippen LogP contribution in [0.1, 0.15) is 17.7 Å². The van der Waals surface area contributed by atoms with Gasteiger partial charge in [0.25, 0.3) is 0 Å². The average Bonchev–Trinajstić information content (AvgIpc) is 2.86. The highest BCUT2D eigenvalue weighted by Gasteiger charge is 2.08. The molecule has 3 N–H and O–H groups in total. The van der Waals surface area contributed by atoms with Crippen LogP contribution in [0.25, 0.3) is 11.3 Å². The number of nitrogens with one attached hydrogen (secondary N) is 1. The molecule has 0 unspecified atom stereocenters. The molecular formula is C17H25BrN2O+2. The van der Waals surface area contributed by atoms with Gasteiger partial charge < -0.3 is 14.6 Å². The SMILES string of the molecule is Cc1cc(Br)ccc1-c1ccc(C[NH2+]CCC[NH+](C)C)o1. The Kier molecular flexibility index (Phi) is 6.03. The van der Waals surface area contributed by atoms with Gasteiger partial charge in [-0.15, -0.1) is 0 Å². The van der Waals surface area contributed by atoms with E-state index in [1.165, 1.54) is 29.0 Å². The lowest BCUT2D eigenvalue weighted by molar-refractivity contribution is -0.860. The molecule has 2 aromatic rings. The van der Waals surface area contributed by atoms with E-state index >= 15 is 0 Å². The molecule has 0 atom stereocenters. The maximum Gasteiger partial charge on any atom is 0.158 e. The minimum atomic E-state index is 0.915. The van der Waals surface area contributed by atoms with Crippen LogP contribution in [0.2, 0.25) is 0 Å². The summed E-state index contributed by atoms with van der Waals surface area (Å²) in [6.07, 6.45) is 1.24. The number of halogens is 1. The van der Waals surface area contributed by atoms with Crippen molar-refractivity contribution >= 4 is 15.9 Å². The zero-order valence-corrected chi connectivity index (χ0v) is 14.7. The molecule has 0 aliphatic rings. The van der Waals surface area contributed by atoms with Crippen LogP contribution in [0.5, 0.6) is 0 Å². The van der Waals surface area contributed by atoms with Crippen LogP contribution < -0.4 is 10.2 Å². The first-order valence-corrected chi connectivity index (χ1v) is 8.31. The first-order valence-electron chi connectivity index (χ1n) is 7.52. The van der Waals surface area contributed by atoms with Crippen molar-refractivity contribution in [1.29, 1.82) is 0 Å². The summed E-state index contributed by atoms with van der Waals surface area (Å²) in [5.41, 5.74) is 2.39. The Hall–Kier alpha value is -1.10. The van der Waals surface area contributed by atoms with Crippen molar-refractivity contribution in [2.45, 2.75) is 19.9 Å². The molecule has 21 heavy (non-hydrogen) atoms. The van der Waals surface area contributed by atoms with Gasteiger partial charge in [-0.05, 0) is 42.8 Å². The molecule has 1 aromatic heterocycles. The van der Waals surface area contributed by atoms with E-state index in [1.807, 2.05) is 0 Å². The van der Waals surface area contributed by atoms with Crippen LogP contribution in [-0.2, 0) is 6.54 Å². The topological polar surface area (TPSA) is 34.2 Å². The van der Waals surface area contributed by atoms with Crippen LogP contribution >= 0.6 is 15.9 Å².